The molecule has 5 heteroatoms. The highest BCUT2D eigenvalue weighted by molar-refractivity contribution is 5.75. The molecule has 0 spiro atoms. The van der Waals surface area contributed by atoms with Crippen LogP contribution in [0.15, 0.2) is 24.3 Å². The first-order chi connectivity index (χ1) is 11.7. The minimum absolute atomic E-state index is 0.249. The van der Waals surface area contributed by atoms with Crippen molar-refractivity contribution in [3.8, 4) is 0 Å². The lowest BCUT2D eigenvalue weighted by atomic mass is 10.2. The maximum Gasteiger partial charge on any atom is 0.126 e. The summed E-state index contributed by atoms with van der Waals surface area (Å²) in [5.41, 5.74) is 2.25. The van der Waals surface area contributed by atoms with Crippen LogP contribution >= 0.6 is 0 Å². The highest BCUT2D eigenvalue weighted by Crippen LogP contribution is 2.19. The molecular weight excluding hydrogens is 300 g/mol. The second-order valence-corrected chi connectivity index (χ2v) is 6.92. The summed E-state index contributed by atoms with van der Waals surface area (Å²) in [6.45, 7) is 5.75. The van der Waals surface area contributed by atoms with Crippen LogP contribution in [0.4, 0.5) is 0 Å². The second-order valence-electron chi connectivity index (χ2n) is 6.92. The summed E-state index contributed by atoms with van der Waals surface area (Å²) in [5, 5.41) is 13.0. The zero-order chi connectivity index (χ0) is 16.9. The lowest BCUT2D eigenvalue weighted by Gasteiger charge is -2.22. The van der Waals surface area contributed by atoms with Crippen molar-refractivity contribution in [1.82, 2.24) is 19.8 Å². The number of aryl methyl sites for hydroxylation is 1. The molecule has 2 unspecified atom stereocenters. The molecule has 1 aromatic carbocycles. The van der Waals surface area contributed by atoms with Gasteiger partial charge in [0, 0.05) is 13.1 Å². The van der Waals surface area contributed by atoms with E-state index in [2.05, 4.69) is 47.0 Å². The molecule has 0 aliphatic carbocycles. The van der Waals surface area contributed by atoms with Gasteiger partial charge in [-0.3, -0.25) is 4.90 Å². The number of para-hydroxylation sites is 2. The first-order valence-electron chi connectivity index (χ1n) is 9.20. The lowest BCUT2D eigenvalue weighted by Crippen LogP contribution is -2.33. The Morgan fingerprint density at radius 1 is 1.33 bits per heavy atom. The molecule has 5 nitrogen and oxygen atoms in total. The standard InChI is InChI=1S/C19H30N4O/c1-15(19-21-17-9-3-4-10-18(17)22(19)2)20-11-5-6-12-23-13-7-8-16(23)14-24/h3-4,9-10,15-16,20,24H,5-8,11-14H2,1-2H3. The quantitative estimate of drug-likeness (QED) is 0.730. The Balaban J connectivity index is 1.44. The monoisotopic (exact) mass is 330 g/mol. The molecule has 1 aliphatic rings. The molecule has 0 radical (unpaired) electrons. The Labute approximate surface area is 144 Å². The number of nitrogens with one attached hydrogen (secondary N) is 1. The van der Waals surface area contributed by atoms with Crippen molar-refractivity contribution in [3.63, 3.8) is 0 Å². The Hall–Kier alpha value is -1.43. The van der Waals surface area contributed by atoms with Crippen molar-refractivity contribution >= 4 is 11.0 Å². The maximum atomic E-state index is 9.36. The molecule has 2 atom stereocenters. The third kappa shape index (κ3) is 3.79. The predicted octanol–water partition coefficient (Wildman–Crippen LogP) is 2.46. The molecule has 3 rings (SSSR count). The van der Waals surface area contributed by atoms with Gasteiger partial charge >= 0.3 is 0 Å². The predicted molar refractivity (Wildman–Crippen MR) is 98.0 cm³/mol. The van der Waals surface area contributed by atoms with Crippen LogP contribution in [-0.4, -0.2) is 51.8 Å². The summed E-state index contributed by atoms with van der Waals surface area (Å²) in [6, 6.07) is 8.93. The Bertz CT molecular complexity index is 654. The topological polar surface area (TPSA) is 53.3 Å². The molecule has 1 aliphatic heterocycles. The van der Waals surface area contributed by atoms with Crippen LogP contribution in [-0.2, 0) is 7.05 Å². The Kier molecular flexibility index (Phi) is 5.87. The number of imidazole rings is 1. The Morgan fingerprint density at radius 2 is 2.17 bits per heavy atom. The number of nitrogens with zero attached hydrogens (tertiary/aromatic N) is 3. The molecular formula is C19H30N4O. The van der Waals surface area contributed by atoms with Crippen molar-refractivity contribution in [1.29, 1.82) is 0 Å². The number of rotatable bonds is 8. The van der Waals surface area contributed by atoms with Crippen LogP contribution in [0.25, 0.3) is 11.0 Å². The summed E-state index contributed by atoms with van der Waals surface area (Å²) < 4.78 is 2.18. The highest BCUT2D eigenvalue weighted by Gasteiger charge is 2.22. The molecule has 0 saturated carbocycles. The van der Waals surface area contributed by atoms with Gasteiger partial charge in [0.25, 0.3) is 0 Å². The van der Waals surface area contributed by atoms with E-state index >= 15 is 0 Å². The highest BCUT2D eigenvalue weighted by atomic mass is 16.3. The van der Waals surface area contributed by atoms with Gasteiger partial charge in [-0.1, -0.05) is 12.1 Å². The SMILES string of the molecule is CC(NCCCCN1CCCC1CO)c1nc2ccccc2n1C. The number of hydrogen-bond acceptors (Lipinski definition) is 4. The fourth-order valence-corrected chi connectivity index (χ4v) is 3.80. The van der Waals surface area contributed by atoms with E-state index in [0.29, 0.717) is 12.6 Å². The van der Waals surface area contributed by atoms with Gasteiger partial charge in [-0.2, -0.15) is 0 Å². The molecule has 1 fully saturated rings. The third-order valence-corrected chi connectivity index (χ3v) is 5.24. The van der Waals surface area contributed by atoms with Crippen molar-refractivity contribution in [2.24, 2.45) is 7.05 Å². The number of benzene rings is 1. The van der Waals surface area contributed by atoms with E-state index in [4.69, 9.17) is 4.98 Å². The summed E-state index contributed by atoms with van der Waals surface area (Å²) in [6.07, 6.45) is 4.72. The smallest absolute Gasteiger partial charge is 0.126 e. The normalized spacial score (nSPS) is 20.0. The number of unbranched alkanes of at least 4 members (excludes halogenated alkanes) is 1. The summed E-state index contributed by atoms with van der Waals surface area (Å²) in [4.78, 5) is 7.20. The first-order valence-corrected chi connectivity index (χ1v) is 9.20. The average molecular weight is 330 g/mol. The van der Waals surface area contributed by atoms with Gasteiger partial charge in [-0.15, -0.1) is 0 Å². The van der Waals surface area contributed by atoms with Gasteiger partial charge in [-0.05, 0) is 64.4 Å². The minimum Gasteiger partial charge on any atom is -0.395 e. The molecule has 132 valence electrons. The maximum absolute atomic E-state index is 9.36. The molecule has 2 aromatic rings. The Morgan fingerprint density at radius 3 is 2.96 bits per heavy atom. The van der Waals surface area contributed by atoms with Gasteiger partial charge in [0.1, 0.15) is 5.82 Å². The molecule has 1 aromatic heterocycles. The van der Waals surface area contributed by atoms with Crippen LogP contribution < -0.4 is 5.32 Å². The average Bonchev–Trinajstić information content (AvgIpc) is 3.19. The van der Waals surface area contributed by atoms with Crippen molar-refractivity contribution in [2.75, 3.05) is 26.2 Å². The number of likely N-dealkylation sites (tertiary alicyclic amines) is 1. The largest absolute Gasteiger partial charge is 0.395 e. The van der Waals surface area contributed by atoms with E-state index in [1.165, 1.54) is 18.4 Å². The van der Waals surface area contributed by atoms with Gasteiger partial charge in [0.05, 0.1) is 23.7 Å². The van der Waals surface area contributed by atoms with Gasteiger partial charge < -0.3 is 15.0 Å². The number of aromatic nitrogens is 2. The fourth-order valence-electron chi connectivity index (χ4n) is 3.80. The van der Waals surface area contributed by atoms with E-state index in [0.717, 1.165) is 43.8 Å². The molecule has 2 N–H and O–H groups in total. The van der Waals surface area contributed by atoms with Crippen molar-refractivity contribution in [3.05, 3.63) is 30.1 Å². The number of aliphatic hydroxyl groups excluding tert-OH is 1. The van der Waals surface area contributed by atoms with E-state index in [1.54, 1.807) is 0 Å². The van der Waals surface area contributed by atoms with E-state index in [9.17, 15) is 5.11 Å². The van der Waals surface area contributed by atoms with Gasteiger partial charge in [0.15, 0.2) is 0 Å². The van der Waals surface area contributed by atoms with Crippen LogP contribution in [0.5, 0.6) is 0 Å². The van der Waals surface area contributed by atoms with Crippen molar-refractivity contribution < 1.29 is 5.11 Å². The fraction of sp³-hybridized carbons (Fsp3) is 0.632. The zero-order valence-corrected chi connectivity index (χ0v) is 14.9. The number of aliphatic hydroxyl groups is 1. The molecule has 1 saturated heterocycles. The molecule has 24 heavy (non-hydrogen) atoms. The summed E-state index contributed by atoms with van der Waals surface area (Å²) in [7, 11) is 2.09. The van der Waals surface area contributed by atoms with Gasteiger partial charge in [-0.25, -0.2) is 4.98 Å². The van der Waals surface area contributed by atoms with E-state index in [1.807, 2.05) is 6.07 Å². The zero-order valence-electron chi connectivity index (χ0n) is 14.9. The molecule has 2 heterocycles. The number of hydrogen-bond donors (Lipinski definition) is 2. The first kappa shape index (κ1) is 17.4. The number of fused-ring (bicyclic) bond motifs is 1. The van der Waals surface area contributed by atoms with Crippen LogP contribution in [0, 0.1) is 0 Å². The van der Waals surface area contributed by atoms with Crippen LogP contribution in [0.3, 0.4) is 0 Å². The van der Waals surface area contributed by atoms with E-state index < -0.39 is 0 Å². The molecule has 0 amide bonds. The van der Waals surface area contributed by atoms with Crippen LogP contribution in [0.1, 0.15) is 44.5 Å². The third-order valence-electron chi connectivity index (χ3n) is 5.24. The second kappa shape index (κ2) is 8.10. The minimum atomic E-state index is 0.249. The van der Waals surface area contributed by atoms with E-state index in [-0.39, 0.29) is 6.04 Å². The van der Waals surface area contributed by atoms with Crippen molar-refractivity contribution in [2.45, 2.75) is 44.7 Å². The summed E-state index contributed by atoms with van der Waals surface area (Å²) in [5.74, 6) is 1.09. The van der Waals surface area contributed by atoms with Gasteiger partial charge in [0.2, 0.25) is 0 Å². The van der Waals surface area contributed by atoms with Crippen LogP contribution in [0.2, 0.25) is 0 Å². The lowest BCUT2D eigenvalue weighted by molar-refractivity contribution is 0.157. The molecule has 0 bridgehead atoms. The summed E-state index contributed by atoms with van der Waals surface area (Å²) >= 11 is 0.